The average Bonchev–Trinajstić information content (AvgIpc) is 3.89. The molecule has 0 N–H and O–H groups in total. The Balaban J connectivity index is 1.12. The summed E-state index contributed by atoms with van der Waals surface area (Å²) in [7, 11) is 0. The van der Waals surface area contributed by atoms with Gasteiger partial charge >= 0.3 is 0 Å². The summed E-state index contributed by atoms with van der Waals surface area (Å²) in [6.45, 7) is 0. The minimum absolute atomic E-state index is 0.631. The van der Waals surface area contributed by atoms with Gasteiger partial charge in [-0.25, -0.2) is 0 Å². The Morgan fingerprint density at radius 2 is 0.855 bits per heavy atom. The van der Waals surface area contributed by atoms with Gasteiger partial charge in [-0.1, -0.05) is 109 Å². The van der Waals surface area contributed by atoms with E-state index in [-0.39, 0.29) is 0 Å². The zero-order valence-corrected chi connectivity index (χ0v) is 29.5. The fraction of sp³-hybridized carbons (Fsp3) is 0. The van der Waals surface area contributed by atoms with E-state index in [9.17, 15) is 10.5 Å². The van der Waals surface area contributed by atoms with Crippen LogP contribution in [0.4, 0.5) is 0 Å². The van der Waals surface area contributed by atoms with Crippen LogP contribution in [0.3, 0.4) is 0 Å². The summed E-state index contributed by atoms with van der Waals surface area (Å²) in [4.78, 5) is 0. The van der Waals surface area contributed by atoms with E-state index >= 15 is 0 Å². The molecule has 0 fully saturated rings. The highest BCUT2D eigenvalue weighted by molar-refractivity contribution is 6.15. The molecule has 0 saturated heterocycles. The summed E-state index contributed by atoms with van der Waals surface area (Å²) >= 11 is 0. The number of hydrogen-bond acceptors (Lipinski definition) is 2. The smallest absolute Gasteiger partial charge is 0.102 e. The largest absolute Gasteiger partial charge is 0.308 e. The van der Waals surface area contributed by atoms with Crippen molar-refractivity contribution in [2.45, 2.75) is 0 Å². The fourth-order valence-corrected chi connectivity index (χ4v) is 8.81. The second kappa shape index (κ2) is 11.8. The van der Waals surface area contributed by atoms with Crippen molar-refractivity contribution in [1.29, 1.82) is 10.5 Å². The molecular formula is C50H29N5. The maximum absolute atomic E-state index is 10.8. The predicted molar refractivity (Wildman–Crippen MR) is 224 cm³/mol. The van der Waals surface area contributed by atoms with Crippen molar-refractivity contribution in [2.24, 2.45) is 0 Å². The minimum Gasteiger partial charge on any atom is -0.308 e. The lowest BCUT2D eigenvalue weighted by molar-refractivity contribution is 1.13. The third-order valence-electron chi connectivity index (χ3n) is 11.1. The van der Waals surface area contributed by atoms with Gasteiger partial charge in [0, 0.05) is 43.6 Å². The van der Waals surface area contributed by atoms with Gasteiger partial charge in [0.05, 0.1) is 61.7 Å². The Labute approximate surface area is 316 Å². The molecule has 3 aromatic heterocycles. The maximum Gasteiger partial charge on any atom is 0.102 e. The monoisotopic (exact) mass is 699 g/mol. The van der Waals surface area contributed by atoms with Crippen molar-refractivity contribution >= 4 is 65.4 Å². The second-order valence-electron chi connectivity index (χ2n) is 14.0. The molecule has 0 saturated carbocycles. The molecule has 5 nitrogen and oxygen atoms in total. The third-order valence-corrected chi connectivity index (χ3v) is 11.1. The number of rotatable bonds is 4. The summed E-state index contributed by atoms with van der Waals surface area (Å²) in [5, 5.41) is 27.3. The molecule has 0 aliphatic rings. The molecule has 0 aliphatic carbocycles. The van der Waals surface area contributed by atoms with E-state index in [4.69, 9.17) is 0 Å². The van der Waals surface area contributed by atoms with Gasteiger partial charge in [0.2, 0.25) is 0 Å². The van der Waals surface area contributed by atoms with E-state index in [0.29, 0.717) is 11.1 Å². The van der Waals surface area contributed by atoms with Crippen LogP contribution in [0.15, 0.2) is 176 Å². The molecule has 0 spiro atoms. The van der Waals surface area contributed by atoms with Crippen molar-refractivity contribution in [1.82, 2.24) is 13.7 Å². The van der Waals surface area contributed by atoms with E-state index in [1.807, 2.05) is 30.3 Å². The lowest BCUT2D eigenvalue weighted by atomic mass is 9.98. The van der Waals surface area contributed by atoms with E-state index < -0.39 is 0 Å². The van der Waals surface area contributed by atoms with Crippen LogP contribution < -0.4 is 0 Å². The summed E-state index contributed by atoms with van der Waals surface area (Å²) in [6.07, 6.45) is 0. The molecule has 55 heavy (non-hydrogen) atoms. The molecule has 0 atom stereocenters. The van der Waals surface area contributed by atoms with Gasteiger partial charge in [-0.05, 0) is 72.3 Å². The van der Waals surface area contributed by atoms with Crippen LogP contribution in [0.25, 0.3) is 93.6 Å². The molecule has 8 aromatic carbocycles. The first-order chi connectivity index (χ1) is 27.2. The first-order valence-corrected chi connectivity index (χ1v) is 18.3. The number of nitriles is 2. The van der Waals surface area contributed by atoms with Crippen LogP contribution in [-0.2, 0) is 0 Å². The zero-order chi connectivity index (χ0) is 36.6. The molecule has 3 heterocycles. The Morgan fingerprint density at radius 1 is 0.364 bits per heavy atom. The topological polar surface area (TPSA) is 62.4 Å². The normalized spacial score (nSPS) is 11.6. The molecule has 5 heteroatoms. The van der Waals surface area contributed by atoms with Crippen LogP contribution in [-0.4, -0.2) is 13.7 Å². The number of nitrogens with zero attached hydrogens (tertiary/aromatic N) is 5. The van der Waals surface area contributed by atoms with Gasteiger partial charge in [0.15, 0.2) is 0 Å². The van der Waals surface area contributed by atoms with E-state index in [0.717, 1.165) is 88.2 Å². The third kappa shape index (κ3) is 4.39. The quantitative estimate of drug-likeness (QED) is 0.184. The highest BCUT2D eigenvalue weighted by Gasteiger charge is 2.21. The number of fused-ring (bicyclic) bond motifs is 9. The van der Waals surface area contributed by atoms with Gasteiger partial charge < -0.3 is 13.7 Å². The van der Waals surface area contributed by atoms with Crippen LogP contribution in [0.1, 0.15) is 11.1 Å². The summed E-state index contributed by atoms with van der Waals surface area (Å²) in [6, 6.07) is 65.9. The molecule has 0 amide bonds. The van der Waals surface area contributed by atoms with E-state index in [1.165, 1.54) is 5.39 Å². The summed E-state index contributed by atoms with van der Waals surface area (Å²) in [5.41, 5.74) is 12.5. The van der Waals surface area contributed by atoms with E-state index in [1.54, 1.807) is 0 Å². The van der Waals surface area contributed by atoms with Crippen LogP contribution in [0.2, 0.25) is 0 Å². The van der Waals surface area contributed by atoms with Gasteiger partial charge in [0.1, 0.15) is 6.07 Å². The molecule has 0 aliphatic heterocycles. The van der Waals surface area contributed by atoms with Crippen LogP contribution in [0.5, 0.6) is 0 Å². The van der Waals surface area contributed by atoms with Gasteiger partial charge in [-0.3, -0.25) is 0 Å². The summed E-state index contributed by atoms with van der Waals surface area (Å²) < 4.78 is 6.90. The Morgan fingerprint density at radius 3 is 1.47 bits per heavy atom. The Bertz CT molecular complexity index is 3400. The molecule has 0 radical (unpaired) electrons. The standard InChI is InChI=1S/C50H29N5/c51-30-32-23-28-48-41(29-32)39-14-4-8-20-46(39)55(48)49-22-10-16-40-38-13-3-5-17-43(38)53(50(40)49)34-26-24-33(25-27-34)35-15-9-21-47(42(35)31-52)54-44-18-6-1-11-36(44)37-12-2-7-19-45(37)54/h1-29H. The van der Waals surface area contributed by atoms with Gasteiger partial charge in [0.25, 0.3) is 0 Å². The summed E-state index contributed by atoms with van der Waals surface area (Å²) in [5.74, 6) is 0. The van der Waals surface area contributed by atoms with Crippen molar-refractivity contribution < 1.29 is 0 Å². The molecule has 254 valence electrons. The molecule has 0 unspecified atom stereocenters. The molecule has 11 rings (SSSR count). The molecule has 0 bridgehead atoms. The number of para-hydroxylation sites is 5. The predicted octanol–water partition coefficient (Wildman–Crippen LogP) is 12.4. The minimum atomic E-state index is 0.631. The fourth-order valence-electron chi connectivity index (χ4n) is 8.81. The maximum atomic E-state index is 10.8. The zero-order valence-electron chi connectivity index (χ0n) is 29.5. The second-order valence-corrected chi connectivity index (χ2v) is 14.0. The van der Waals surface area contributed by atoms with Crippen molar-refractivity contribution in [2.75, 3.05) is 0 Å². The van der Waals surface area contributed by atoms with Crippen molar-refractivity contribution in [3.05, 3.63) is 187 Å². The van der Waals surface area contributed by atoms with Crippen LogP contribution in [0, 0.1) is 22.7 Å². The van der Waals surface area contributed by atoms with Gasteiger partial charge in [-0.15, -0.1) is 0 Å². The Hall–Kier alpha value is -7.86. The van der Waals surface area contributed by atoms with Crippen LogP contribution >= 0.6 is 0 Å². The first-order valence-electron chi connectivity index (χ1n) is 18.3. The number of hydrogen-bond donors (Lipinski definition) is 0. The highest BCUT2D eigenvalue weighted by Crippen LogP contribution is 2.41. The Kier molecular flexibility index (Phi) is 6.61. The lowest BCUT2D eigenvalue weighted by Gasteiger charge is -2.16. The SMILES string of the molecule is N#Cc1ccc2c(c1)c1ccccc1n2-c1cccc2c3ccccc3n(-c3ccc(-c4cccc(-n5c6ccccc6c6ccccc65)c4C#N)cc3)c12. The lowest BCUT2D eigenvalue weighted by Crippen LogP contribution is -2.01. The van der Waals surface area contributed by atoms with Crippen molar-refractivity contribution in [3.63, 3.8) is 0 Å². The number of benzene rings is 8. The first kappa shape index (κ1) is 30.7. The number of aromatic nitrogens is 3. The average molecular weight is 700 g/mol. The van der Waals surface area contributed by atoms with E-state index in [2.05, 4.69) is 171 Å². The van der Waals surface area contributed by atoms with Crippen molar-refractivity contribution in [3.8, 4) is 40.3 Å². The molecule has 11 aromatic rings. The van der Waals surface area contributed by atoms with Gasteiger partial charge in [-0.2, -0.15) is 10.5 Å². The highest BCUT2D eigenvalue weighted by atomic mass is 15.1. The molecular weight excluding hydrogens is 671 g/mol.